The Bertz CT molecular complexity index is 681. The van der Waals surface area contributed by atoms with Crippen molar-refractivity contribution in [2.45, 2.75) is 4.90 Å². The molecule has 2 N–H and O–H groups in total. The second-order valence-corrected chi connectivity index (χ2v) is 5.92. The molecule has 6 heteroatoms. The standard InChI is InChI=1S/C12H9BrO4S/c13-11-7-9(18(15,16)17)6-10(12(11)14)8-4-2-1-3-5-8/h1-7,14H,(H,15,16,17). The topological polar surface area (TPSA) is 74.6 Å². The van der Waals surface area contributed by atoms with E-state index >= 15 is 0 Å². The van der Waals surface area contributed by atoms with Crippen LogP contribution in [0.25, 0.3) is 11.1 Å². The highest BCUT2D eigenvalue weighted by Gasteiger charge is 2.16. The second kappa shape index (κ2) is 4.72. The summed E-state index contributed by atoms with van der Waals surface area (Å²) in [7, 11) is -4.31. The highest BCUT2D eigenvalue weighted by atomic mass is 79.9. The van der Waals surface area contributed by atoms with E-state index < -0.39 is 10.1 Å². The summed E-state index contributed by atoms with van der Waals surface area (Å²) in [4.78, 5) is -0.272. The average molecular weight is 329 g/mol. The van der Waals surface area contributed by atoms with E-state index in [0.29, 0.717) is 11.1 Å². The van der Waals surface area contributed by atoms with E-state index in [1.165, 1.54) is 6.07 Å². The Balaban J connectivity index is 2.72. The van der Waals surface area contributed by atoms with Crippen LogP contribution in [0.2, 0.25) is 0 Å². The molecule has 0 fully saturated rings. The lowest BCUT2D eigenvalue weighted by Gasteiger charge is -2.08. The fourth-order valence-electron chi connectivity index (χ4n) is 1.56. The lowest BCUT2D eigenvalue weighted by atomic mass is 10.1. The van der Waals surface area contributed by atoms with Gasteiger partial charge in [-0.3, -0.25) is 4.55 Å². The van der Waals surface area contributed by atoms with Gasteiger partial charge in [0.2, 0.25) is 0 Å². The molecule has 0 aliphatic rings. The van der Waals surface area contributed by atoms with E-state index in [2.05, 4.69) is 15.9 Å². The van der Waals surface area contributed by atoms with Crippen LogP contribution in [0.4, 0.5) is 0 Å². The zero-order valence-corrected chi connectivity index (χ0v) is 11.4. The molecular formula is C12H9BrO4S. The number of hydrogen-bond acceptors (Lipinski definition) is 3. The largest absolute Gasteiger partial charge is 0.506 e. The average Bonchev–Trinajstić information content (AvgIpc) is 2.32. The molecule has 0 aromatic heterocycles. The summed E-state index contributed by atoms with van der Waals surface area (Å²) in [6.07, 6.45) is 0. The van der Waals surface area contributed by atoms with Crippen LogP contribution < -0.4 is 0 Å². The van der Waals surface area contributed by atoms with Crippen LogP contribution in [0.5, 0.6) is 5.75 Å². The summed E-state index contributed by atoms with van der Waals surface area (Å²) in [6, 6.07) is 11.2. The zero-order chi connectivity index (χ0) is 13.3. The van der Waals surface area contributed by atoms with Crippen LogP contribution in [-0.2, 0) is 10.1 Å². The van der Waals surface area contributed by atoms with Crippen LogP contribution in [-0.4, -0.2) is 18.1 Å². The lowest BCUT2D eigenvalue weighted by molar-refractivity contribution is 0.471. The Morgan fingerprint density at radius 3 is 2.22 bits per heavy atom. The Labute approximate surface area is 113 Å². The van der Waals surface area contributed by atoms with E-state index in [4.69, 9.17) is 4.55 Å². The molecule has 0 amide bonds. The highest BCUT2D eigenvalue weighted by Crippen LogP contribution is 2.37. The molecule has 0 radical (unpaired) electrons. The highest BCUT2D eigenvalue weighted by molar-refractivity contribution is 9.10. The van der Waals surface area contributed by atoms with Crippen LogP contribution in [0.15, 0.2) is 51.8 Å². The van der Waals surface area contributed by atoms with E-state index in [1.807, 2.05) is 6.07 Å². The van der Waals surface area contributed by atoms with Gasteiger partial charge in [-0.2, -0.15) is 8.42 Å². The fourth-order valence-corrected chi connectivity index (χ4v) is 2.71. The molecule has 0 atom stereocenters. The van der Waals surface area contributed by atoms with Crippen molar-refractivity contribution >= 4 is 26.0 Å². The predicted molar refractivity (Wildman–Crippen MR) is 71.1 cm³/mol. The molecule has 18 heavy (non-hydrogen) atoms. The zero-order valence-electron chi connectivity index (χ0n) is 9.04. The van der Waals surface area contributed by atoms with Gasteiger partial charge in [0.1, 0.15) is 5.75 Å². The number of benzene rings is 2. The third-order valence-electron chi connectivity index (χ3n) is 2.42. The maximum absolute atomic E-state index is 11.1. The van der Waals surface area contributed by atoms with Gasteiger partial charge in [0.25, 0.3) is 10.1 Å². The van der Waals surface area contributed by atoms with E-state index in [0.717, 1.165) is 6.07 Å². The summed E-state index contributed by atoms with van der Waals surface area (Å²) in [5, 5.41) is 9.92. The van der Waals surface area contributed by atoms with Crippen molar-refractivity contribution in [3.8, 4) is 16.9 Å². The third-order valence-corrected chi connectivity index (χ3v) is 3.86. The first-order valence-electron chi connectivity index (χ1n) is 4.95. The van der Waals surface area contributed by atoms with Crippen LogP contribution >= 0.6 is 15.9 Å². The molecular weight excluding hydrogens is 320 g/mol. The molecule has 2 rings (SSSR count). The minimum absolute atomic E-state index is 0.0754. The monoisotopic (exact) mass is 328 g/mol. The number of phenolic OH excluding ortho intramolecular Hbond substituents is 1. The number of aromatic hydroxyl groups is 1. The normalized spacial score (nSPS) is 11.4. The smallest absolute Gasteiger partial charge is 0.294 e. The molecule has 0 heterocycles. The number of halogens is 1. The minimum Gasteiger partial charge on any atom is -0.506 e. The van der Waals surface area contributed by atoms with E-state index in [-0.39, 0.29) is 15.1 Å². The van der Waals surface area contributed by atoms with Gasteiger partial charge >= 0.3 is 0 Å². The Morgan fingerprint density at radius 2 is 1.67 bits per heavy atom. The summed E-state index contributed by atoms with van der Waals surface area (Å²) < 4.78 is 31.5. The molecule has 0 unspecified atom stereocenters. The van der Waals surface area contributed by atoms with Crippen LogP contribution in [0.3, 0.4) is 0 Å². The van der Waals surface area contributed by atoms with Gasteiger partial charge < -0.3 is 5.11 Å². The number of hydrogen-bond donors (Lipinski definition) is 2. The van der Waals surface area contributed by atoms with Crippen molar-refractivity contribution in [3.63, 3.8) is 0 Å². The minimum atomic E-state index is -4.31. The molecule has 0 spiro atoms. The van der Waals surface area contributed by atoms with Gasteiger partial charge in [-0.25, -0.2) is 0 Å². The van der Waals surface area contributed by atoms with Crippen molar-refractivity contribution in [1.82, 2.24) is 0 Å². The molecule has 94 valence electrons. The van der Waals surface area contributed by atoms with Crippen molar-refractivity contribution < 1.29 is 18.1 Å². The molecule has 0 aliphatic heterocycles. The summed E-state index contributed by atoms with van der Waals surface area (Å²) >= 11 is 3.06. The van der Waals surface area contributed by atoms with E-state index in [1.54, 1.807) is 24.3 Å². The quantitative estimate of drug-likeness (QED) is 0.831. The van der Waals surface area contributed by atoms with Crippen molar-refractivity contribution in [3.05, 3.63) is 46.9 Å². The van der Waals surface area contributed by atoms with Gasteiger partial charge in [-0.15, -0.1) is 0 Å². The third kappa shape index (κ3) is 2.55. The molecule has 0 aliphatic carbocycles. The SMILES string of the molecule is O=S(=O)(O)c1cc(Br)c(O)c(-c2ccccc2)c1. The molecule has 4 nitrogen and oxygen atoms in total. The van der Waals surface area contributed by atoms with Crippen molar-refractivity contribution in [2.75, 3.05) is 0 Å². The van der Waals surface area contributed by atoms with Crippen LogP contribution in [0.1, 0.15) is 0 Å². The van der Waals surface area contributed by atoms with Crippen LogP contribution in [0, 0.1) is 0 Å². The summed E-state index contributed by atoms with van der Waals surface area (Å²) in [5.74, 6) is -0.0754. The molecule has 0 saturated carbocycles. The first-order chi connectivity index (χ1) is 8.39. The Hall–Kier alpha value is -1.37. The van der Waals surface area contributed by atoms with Gasteiger partial charge in [-0.05, 0) is 33.6 Å². The molecule has 0 saturated heterocycles. The molecule has 2 aromatic carbocycles. The van der Waals surface area contributed by atoms with Gasteiger partial charge in [0, 0.05) is 5.56 Å². The van der Waals surface area contributed by atoms with Crippen molar-refractivity contribution in [2.24, 2.45) is 0 Å². The maximum Gasteiger partial charge on any atom is 0.294 e. The predicted octanol–water partition coefficient (Wildman–Crippen LogP) is 3.07. The first-order valence-corrected chi connectivity index (χ1v) is 7.18. The number of phenols is 1. The molecule has 0 bridgehead atoms. The van der Waals surface area contributed by atoms with Gasteiger partial charge in [0.15, 0.2) is 0 Å². The van der Waals surface area contributed by atoms with Crippen molar-refractivity contribution in [1.29, 1.82) is 0 Å². The maximum atomic E-state index is 11.1. The first kappa shape index (κ1) is 13.1. The lowest BCUT2D eigenvalue weighted by Crippen LogP contribution is -1.98. The Kier molecular flexibility index (Phi) is 3.43. The number of rotatable bonds is 2. The molecule has 2 aromatic rings. The Morgan fingerprint density at radius 1 is 1.06 bits per heavy atom. The van der Waals surface area contributed by atoms with E-state index in [9.17, 15) is 13.5 Å². The summed E-state index contributed by atoms with van der Waals surface area (Å²) in [5.41, 5.74) is 0.985. The van der Waals surface area contributed by atoms with Gasteiger partial charge in [0.05, 0.1) is 9.37 Å². The van der Waals surface area contributed by atoms with Gasteiger partial charge in [-0.1, -0.05) is 30.3 Å². The summed E-state index contributed by atoms with van der Waals surface area (Å²) in [6.45, 7) is 0. The fraction of sp³-hybridized carbons (Fsp3) is 0. The second-order valence-electron chi connectivity index (χ2n) is 3.64.